The summed E-state index contributed by atoms with van der Waals surface area (Å²) in [6, 6.07) is 10.1. The summed E-state index contributed by atoms with van der Waals surface area (Å²) in [4.78, 5) is 4.12. The van der Waals surface area contributed by atoms with Crippen LogP contribution in [0.3, 0.4) is 0 Å². The van der Waals surface area contributed by atoms with Gasteiger partial charge in [0.1, 0.15) is 0 Å². The van der Waals surface area contributed by atoms with E-state index < -0.39 is 0 Å². The second-order valence-electron chi connectivity index (χ2n) is 2.00. The average Bonchev–Trinajstić information content (AvgIpc) is 2.33. The summed E-state index contributed by atoms with van der Waals surface area (Å²) < 4.78 is 0. The molecule has 0 amide bonds. The number of hydrogen-bond acceptors (Lipinski definition) is 0. The van der Waals surface area contributed by atoms with Crippen LogP contribution in [0, 0.1) is 0 Å². The third-order valence-electron chi connectivity index (χ3n) is 1.40. The number of benzene rings is 1. The molecule has 0 saturated carbocycles. The van der Waals surface area contributed by atoms with Crippen LogP contribution in [0.15, 0.2) is 36.5 Å². The smallest absolute Gasteiger partial charge is 0.664 e. The van der Waals surface area contributed by atoms with Crippen molar-refractivity contribution in [3.8, 4) is 0 Å². The maximum absolute atomic E-state index is 4.12. The maximum atomic E-state index is 4.12. The van der Waals surface area contributed by atoms with Gasteiger partial charge in [-0.3, -0.25) is 0 Å². The van der Waals surface area contributed by atoms with Crippen molar-refractivity contribution >= 4 is 10.9 Å². The summed E-state index contributed by atoms with van der Waals surface area (Å²) in [5.74, 6) is 0. The molecule has 1 heterocycles. The maximum Gasteiger partial charge on any atom is 1.00 e. The zero-order chi connectivity index (χ0) is 6.10. The molecule has 0 N–H and O–H groups in total. The molecule has 0 aliphatic rings. The number of nitrogens with zero attached hydrogens (tertiary/aromatic N) is 1. The Labute approximate surface area is 71.6 Å². The average molecular weight is 123 g/mol. The third kappa shape index (κ3) is 1.11. The van der Waals surface area contributed by atoms with Crippen LogP contribution in [-0.4, -0.2) is 0 Å². The van der Waals surface area contributed by atoms with Crippen molar-refractivity contribution in [1.29, 1.82) is 0 Å². The molecule has 0 fully saturated rings. The standard InChI is InChI=1S/C8H6N.Li/c1-2-4-8-7(3-1)5-6-9-8;/h1-6H;/q-1;+1. The van der Waals surface area contributed by atoms with Crippen LogP contribution in [0.25, 0.3) is 10.9 Å². The van der Waals surface area contributed by atoms with Gasteiger partial charge in [-0.25, -0.2) is 0 Å². The van der Waals surface area contributed by atoms with E-state index in [1.807, 2.05) is 30.5 Å². The normalized spacial score (nSPS) is 9.20. The fourth-order valence-electron chi connectivity index (χ4n) is 0.944. The van der Waals surface area contributed by atoms with Gasteiger partial charge in [-0.1, -0.05) is 30.3 Å². The van der Waals surface area contributed by atoms with Gasteiger partial charge >= 0.3 is 18.9 Å². The first-order chi connectivity index (χ1) is 4.47. The van der Waals surface area contributed by atoms with Crippen molar-refractivity contribution in [3.05, 3.63) is 36.5 Å². The van der Waals surface area contributed by atoms with Gasteiger partial charge in [0.05, 0.1) is 0 Å². The van der Waals surface area contributed by atoms with Crippen LogP contribution in [0.2, 0.25) is 0 Å². The summed E-state index contributed by atoms with van der Waals surface area (Å²) in [6.07, 6.45) is 1.82. The first-order valence-corrected chi connectivity index (χ1v) is 2.93. The molecule has 2 aromatic rings. The molecule has 0 spiro atoms. The summed E-state index contributed by atoms with van der Waals surface area (Å²) in [6.45, 7) is 0. The van der Waals surface area contributed by atoms with Crippen LogP contribution in [-0.2, 0) is 0 Å². The molecule has 1 aromatic heterocycles. The Morgan fingerprint density at radius 3 is 2.60 bits per heavy atom. The molecule has 44 valence electrons. The fraction of sp³-hybridized carbons (Fsp3) is 0. The van der Waals surface area contributed by atoms with E-state index in [4.69, 9.17) is 0 Å². The van der Waals surface area contributed by atoms with Gasteiger partial charge in [-0.05, 0) is 5.39 Å². The molecular weight excluding hydrogens is 117 g/mol. The first-order valence-electron chi connectivity index (χ1n) is 2.93. The van der Waals surface area contributed by atoms with Gasteiger partial charge in [0.2, 0.25) is 0 Å². The van der Waals surface area contributed by atoms with E-state index in [9.17, 15) is 0 Å². The molecule has 0 unspecified atom stereocenters. The minimum atomic E-state index is 0. The zero-order valence-corrected chi connectivity index (χ0v) is 5.91. The van der Waals surface area contributed by atoms with Crippen molar-refractivity contribution in [3.63, 3.8) is 0 Å². The van der Waals surface area contributed by atoms with Gasteiger partial charge in [0.15, 0.2) is 0 Å². The number of hydrogen-bond donors (Lipinski definition) is 0. The second-order valence-corrected chi connectivity index (χ2v) is 2.00. The molecule has 0 aliphatic heterocycles. The third-order valence-corrected chi connectivity index (χ3v) is 1.40. The van der Waals surface area contributed by atoms with Crippen molar-refractivity contribution in [2.24, 2.45) is 0 Å². The van der Waals surface area contributed by atoms with Gasteiger partial charge in [-0.15, -0.1) is 5.52 Å². The minimum absolute atomic E-state index is 0. The Kier molecular flexibility index (Phi) is 2.21. The van der Waals surface area contributed by atoms with E-state index in [-0.39, 0.29) is 18.9 Å². The molecule has 1 nitrogen and oxygen atoms in total. The summed E-state index contributed by atoms with van der Waals surface area (Å²) >= 11 is 0. The molecule has 0 bridgehead atoms. The Morgan fingerprint density at radius 2 is 1.80 bits per heavy atom. The molecule has 1 aromatic carbocycles. The molecule has 0 aliphatic carbocycles. The number of para-hydroxylation sites is 1. The predicted octanol–water partition coefficient (Wildman–Crippen LogP) is -1.20. The van der Waals surface area contributed by atoms with Crippen molar-refractivity contribution < 1.29 is 18.9 Å². The van der Waals surface area contributed by atoms with E-state index >= 15 is 0 Å². The quantitative estimate of drug-likeness (QED) is 0.401. The largest absolute Gasteiger partial charge is 1.00 e. The first kappa shape index (κ1) is 7.46. The molecule has 2 heteroatoms. The molecule has 0 radical (unpaired) electrons. The van der Waals surface area contributed by atoms with Gasteiger partial charge in [-0.2, -0.15) is 6.20 Å². The monoisotopic (exact) mass is 123 g/mol. The van der Waals surface area contributed by atoms with Gasteiger partial charge < -0.3 is 4.98 Å². The van der Waals surface area contributed by atoms with Crippen LogP contribution in [0.5, 0.6) is 0 Å². The summed E-state index contributed by atoms with van der Waals surface area (Å²) in [7, 11) is 0. The number of fused-ring (bicyclic) bond motifs is 1. The molecule has 2 rings (SSSR count). The molecular formula is C8H6LiN. The molecule has 0 atom stereocenters. The molecule has 10 heavy (non-hydrogen) atoms. The van der Waals surface area contributed by atoms with Crippen LogP contribution < -0.4 is 23.8 Å². The predicted molar refractivity (Wildman–Crippen MR) is 37.3 cm³/mol. The Morgan fingerprint density at radius 1 is 1.00 bits per heavy atom. The fourth-order valence-corrected chi connectivity index (χ4v) is 0.944. The Balaban J connectivity index is 0.000000500. The van der Waals surface area contributed by atoms with E-state index in [1.165, 1.54) is 5.39 Å². The van der Waals surface area contributed by atoms with E-state index in [0.29, 0.717) is 0 Å². The topological polar surface area (TPSA) is 14.1 Å². The number of aromatic nitrogens is 1. The SMILES string of the molecule is [Li+].c1ccc2[n-]ccc2c1. The van der Waals surface area contributed by atoms with Gasteiger partial charge in [0.25, 0.3) is 0 Å². The summed E-state index contributed by atoms with van der Waals surface area (Å²) in [5.41, 5.74) is 1.08. The Hall–Kier alpha value is -0.643. The van der Waals surface area contributed by atoms with Crippen molar-refractivity contribution in [2.45, 2.75) is 0 Å². The van der Waals surface area contributed by atoms with E-state index in [2.05, 4.69) is 11.1 Å². The van der Waals surface area contributed by atoms with Crippen molar-refractivity contribution in [2.75, 3.05) is 0 Å². The summed E-state index contributed by atoms with van der Waals surface area (Å²) in [5, 5.41) is 1.22. The minimum Gasteiger partial charge on any atom is -0.664 e. The van der Waals surface area contributed by atoms with Crippen LogP contribution in [0.1, 0.15) is 0 Å². The molecule has 0 saturated heterocycles. The van der Waals surface area contributed by atoms with Crippen LogP contribution in [0.4, 0.5) is 0 Å². The zero-order valence-electron chi connectivity index (χ0n) is 5.91. The van der Waals surface area contributed by atoms with E-state index in [0.717, 1.165) is 5.52 Å². The second kappa shape index (κ2) is 2.96. The Bertz CT molecular complexity index is 283. The van der Waals surface area contributed by atoms with Crippen molar-refractivity contribution in [1.82, 2.24) is 4.98 Å². The van der Waals surface area contributed by atoms with E-state index in [1.54, 1.807) is 0 Å². The number of rotatable bonds is 0. The van der Waals surface area contributed by atoms with Crippen LogP contribution >= 0.6 is 0 Å². The van der Waals surface area contributed by atoms with Gasteiger partial charge in [0, 0.05) is 0 Å².